The zero-order chi connectivity index (χ0) is 9.84. The fourth-order valence-electron chi connectivity index (χ4n) is 1.04. The first-order valence-electron chi connectivity index (χ1n) is 4.03. The molecule has 1 aromatic carbocycles. The lowest BCUT2D eigenvalue weighted by atomic mass is 10.1. The number of benzene rings is 1. The van der Waals surface area contributed by atoms with E-state index in [1.54, 1.807) is 24.3 Å². The highest BCUT2D eigenvalue weighted by atomic mass is 35.5. The molecule has 0 spiro atoms. The Bertz CT molecular complexity index is 310. The highest BCUT2D eigenvalue weighted by Crippen LogP contribution is 2.11. The van der Waals surface area contributed by atoms with Crippen molar-refractivity contribution in [2.75, 3.05) is 20.6 Å². The van der Waals surface area contributed by atoms with E-state index in [9.17, 15) is 4.79 Å². The normalized spacial score (nSPS) is 10.5. The number of hydrogen-bond donors (Lipinski definition) is 0. The summed E-state index contributed by atoms with van der Waals surface area (Å²) in [6, 6.07) is 7.00. The van der Waals surface area contributed by atoms with Crippen LogP contribution in [-0.2, 0) is 0 Å². The van der Waals surface area contributed by atoms with Gasteiger partial charge in [-0.15, -0.1) is 0 Å². The van der Waals surface area contributed by atoms with Gasteiger partial charge in [-0.3, -0.25) is 4.79 Å². The standard InChI is InChI=1S/C10H12ClNO/c1-12(2)7-10(13)8-4-3-5-9(11)6-8/h3-6H,7H2,1-2H3. The molecule has 2 nitrogen and oxygen atoms in total. The molecule has 0 aliphatic heterocycles. The van der Waals surface area contributed by atoms with Gasteiger partial charge in [0.25, 0.3) is 0 Å². The Morgan fingerprint density at radius 1 is 1.46 bits per heavy atom. The van der Waals surface area contributed by atoms with Crippen LogP contribution in [0.2, 0.25) is 5.02 Å². The van der Waals surface area contributed by atoms with Gasteiger partial charge in [0.05, 0.1) is 6.54 Å². The molecule has 13 heavy (non-hydrogen) atoms. The molecule has 0 aliphatic carbocycles. The second kappa shape index (κ2) is 4.40. The molecule has 0 amide bonds. The third-order valence-corrected chi connectivity index (χ3v) is 1.84. The van der Waals surface area contributed by atoms with Crippen molar-refractivity contribution in [1.82, 2.24) is 4.90 Å². The summed E-state index contributed by atoms with van der Waals surface area (Å²) in [7, 11) is 3.73. The van der Waals surface area contributed by atoms with Gasteiger partial charge in [-0.1, -0.05) is 23.7 Å². The van der Waals surface area contributed by atoms with Crippen molar-refractivity contribution in [3.05, 3.63) is 34.9 Å². The highest BCUT2D eigenvalue weighted by molar-refractivity contribution is 6.31. The first kappa shape index (κ1) is 10.2. The minimum atomic E-state index is 0.0903. The van der Waals surface area contributed by atoms with Gasteiger partial charge in [0.2, 0.25) is 0 Å². The van der Waals surface area contributed by atoms with Gasteiger partial charge in [0.15, 0.2) is 5.78 Å². The molecule has 70 valence electrons. The molecule has 0 aromatic heterocycles. The summed E-state index contributed by atoms with van der Waals surface area (Å²) in [6.45, 7) is 0.417. The topological polar surface area (TPSA) is 20.3 Å². The van der Waals surface area contributed by atoms with Crippen molar-refractivity contribution in [2.24, 2.45) is 0 Å². The molecule has 0 fully saturated rings. The third-order valence-electron chi connectivity index (χ3n) is 1.61. The Labute approximate surface area is 83.1 Å². The summed E-state index contributed by atoms with van der Waals surface area (Å²) >= 11 is 5.76. The van der Waals surface area contributed by atoms with E-state index in [0.29, 0.717) is 17.1 Å². The van der Waals surface area contributed by atoms with Crippen LogP contribution in [-0.4, -0.2) is 31.3 Å². The van der Waals surface area contributed by atoms with Gasteiger partial charge in [-0.2, -0.15) is 0 Å². The van der Waals surface area contributed by atoms with E-state index >= 15 is 0 Å². The summed E-state index contributed by atoms with van der Waals surface area (Å²) in [5.41, 5.74) is 0.668. The van der Waals surface area contributed by atoms with Crippen LogP contribution in [0.3, 0.4) is 0 Å². The van der Waals surface area contributed by atoms with Crippen molar-refractivity contribution in [1.29, 1.82) is 0 Å². The van der Waals surface area contributed by atoms with E-state index in [4.69, 9.17) is 11.6 Å². The minimum Gasteiger partial charge on any atom is -0.302 e. The Morgan fingerprint density at radius 3 is 2.69 bits per heavy atom. The van der Waals surface area contributed by atoms with Gasteiger partial charge in [-0.05, 0) is 26.2 Å². The number of Topliss-reactive ketones (excluding diaryl/α,β-unsaturated/α-hetero) is 1. The monoisotopic (exact) mass is 197 g/mol. The zero-order valence-corrected chi connectivity index (χ0v) is 8.51. The predicted molar refractivity (Wildman–Crippen MR) is 54.3 cm³/mol. The van der Waals surface area contributed by atoms with E-state index in [2.05, 4.69) is 0 Å². The highest BCUT2D eigenvalue weighted by Gasteiger charge is 2.06. The van der Waals surface area contributed by atoms with E-state index in [1.165, 1.54) is 0 Å². The van der Waals surface area contributed by atoms with Crippen LogP contribution in [0, 0.1) is 0 Å². The fraction of sp³-hybridized carbons (Fsp3) is 0.300. The molecule has 0 radical (unpaired) electrons. The molecular formula is C10H12ClNO. The Balaban J connectivity index is 2.77. The zero-order valence-electron chi connectivity index (χ0n) is 7.75. The summed E-state index contributed by atoms with van der Waals surface area (Å²) in [5, 5.41) is 0.601. The lowest BCUT2D eigenvalue weighted by Crippen LogP contribution is -2.21. The molecule has 0 heterocycles. The van der Waals surface area contributed by atoms with Crippen molar-refractivity contribution < 1.29 is 4.79 Å². The van der Waals surface area contributed by atoms with Crippen molar-refractivity contribution >= 4 is 17.4 Å². The maximum atomic E-state index is 11.5. The van der Waals surface area contributed by atoms with Crippen LogP contribution in [0.15, 0.2) is 24.3 Å². The van der Waals surface area contributed by atoms with Crippen LogP contribution in [0.5, 0.6) is 0 Å². The fourth-order valence-corrected chi connectivity index (χ4v) is 1.23. The molecule has 1 aromatic rings. The molecule has 3 heteroatoms. The maximum Gasteiger partial charge on any atom is 0.176 e. The molecule has 0 aliphatic rings. The quantitative estimate of drug-likeness (QED) is 0.692. The Morgan fingerprint density at radius 2 is 2.15 bits per heavy atom. The van der Waals surface area contributed by atoms with Crippen LogP contribution in [0.4, 0.5) is 0 Å². The molecule has 0 N–H and O–H groups in total. The number of nitrogens with zero attached hydrogens (tertiary/aromatic N) is 1. The summed E-state index contributed by atoms with van der Waals surface area (Å²) < 4.78 is 0. The maximum absolute atomic E-state index is 11.5. The van der Waals surface area contributed by atoms with Crippen molar-refractivity contribution in [2.45, 2.75) is 0 Å². The number of ketones is 1. The molecule has 0 unspecified atom stereocenters. The number of rotatable bonds is 3. The van der Waals surface area contributed by atoms with Gasteiger partial charge in [-0.25, -0.2) is 0 Å². The van der Waals surface area contributed by atoms with E-state index < -0.39 is 0 Å². The van der Waals surface area contributed by atoms with E-state index in [1.807, 2.05) is 19.0 Å². The lowest BCUT2D eigenvalue weighted by molar-refractivity contribution is 0.0958. The van der Waals surface area contributed by atoms with Gasteiger partial charge >= 0.3 is 0 Å². The van der Waals surface area contributed by atoms with Crippen molar-refractivity contribution in [3.63, 3.8) is 0 Å². The number of carbonyl (C=O) groups excluding carboxylic acids is 1. The average Bonchev–Trinajstić information content (AvgIpc) is 2.03. The second-order valence-corrected chi connectivity index (χ2v) is 3.61. The number of hydrogen-bond acceptors (Lipinski definition) is 2. The predicted octanol–water partition coefficient (Wildman–Crippen LogP) is 2.08. The molecule has 0 atom stereocenters. The molecule has 1 rings (SSSR count). The van der Waals surface area contributed by atoms with Crippen LogP contribution in [0.1, 0.15) is 10.4 Å². The summed E-state index contributed by atoms with van der Waals surface area (Å²) in [6.07, 6.45) is 0. The average molecular weight is 198 g/mol. The summed E-state index contributed by atoms with van der Waals surface area (Å²) in [5.74, 6) is 0.0903. The largest absolute Gasteiger partial charge is 0.302 e. The first-order valence-corrected chi connectivity index (χ1v) is 4.41. The number of halogens is 1. The van der Waals surface area contributed by atoms with Crippen LogP contribution < -0.4 is 0 Å². The van der Waals surface area contributed by atoms with Crippen LogP contribution >= 0.6 is 11.6 Å². The first-order chi connectivity index (χ1) is 6.09. The molecule has 0 saturated carbocycles. The third kappa shape index (κ3) is 3.17. The van der Waals surface area contributed by atoms with Gasteiger partial charge < -0.3 is 4.90 Å². The second-order valence-electron chi connectivity index (χ2n) is 3.17. The number of carbonyl (C=O) groups is 1. The Hall–Kier alpha value is -0.860. The Kier molecular flexibility index (Phi) is 3.46. The SMILES string of the molecule is CN(C)CC(=O)c1cccc(Cl)c1. The number of likely N-dealkylation sites (N-methyl/N-ethyl adjacent to an activating group) is 1. The van der Waals surface area contributed by atoms with Gasteiger partial charge in [0, 0.05) is 10.6 Å². The molecule has 0 bridgehead atoms. The summed E-state index contributed by atoms with van der Waals surface area (Å²) in [4.78, 5) is 13.3. The van der Waals surface area contributed by atoms with Crippen molar-refractivity contribution in [3.8, 4) is 0 Å². The molecular weight excluding hydrogens is 186 g/mol. The minimum absolute atomic E-state index is 0.0903. The lowest BCUT2D eigenvalue weighted by Gasteiger charge is -2.07. The van der Waals surface area contributed by atoms with Crippen LogP contribution in [0.25, 0.3) is 0 Å². The smallest absolute Gasteiger partial charge is 0.176 e. The molecule has 0 saturated heterocycles. The van der Waals surface area contributed by atoms with E-state index in [0.717, 1.165) is 0 Å². The van der Waals surface area contributed by atoms with Gasteiger partial charge in [0.1, 0.15) is 0 Å². The van der Waals surface area contributed by atoms with E-state index in [-0.39, 0.29) is 5.78 Å².